The quantitative estimate of drug-likeness (QED) is 0.592. The van der Waals surface area contributed by atoms with Gasteiger partial charge in [-0.2, -0.15) is 0 Å². The molecule has 5 nitrogen and oxygen atoms in total. The summed E-state index contributed by atoms with van der Waals surface area (Å²) < 4.78 is 4.71. The molecule has 0 aliphatic carbocycles. The number of nitrogens with zero attached hydrogens (tertiary/aromatic N) is 1. The van der Waals surface area contributed by atoms with Crippen LogP contribution in [0.2, 0.25) is 0 Å². The first-order chi connectivity index (χ1) is 6.09. The maximum atomic E-state index is 10.8. The molecule has 0 spiro atoms. The van der Waals surface area contributed by atoms with Crippen molar-refractivity contribution in [2.45, 2.75) is 26.4 Å². The molecule has 0 saturated carbocycles. The second-order valence-electron chi connectivity index (χ2n) is 2.83. The number of esters is 1. The molecular formula is C8H11NO4. The smallest absolute Gasteiger partial charge is 0.302 e. The van der Waals surface area contributed by atoms with E-state index >= 15 is 0 Å². The third kappa shape index (κ3) is 2.85. The first-order valence-electron chi connectivity index (χ1n) is 3.96. The van der Waals surface area contributed by atoms with Crippen LogP contribution in [0.1, 0.15) is 20.3 Å². The highest BCUT2D eigenvalue weighted by Gasteiger charge is 2.24. The average Bonchev–Trinajstić information content (AvgIpc) is 2.48. The number of hydrogen-bond acceptors (Lipinski definition) is 5. The minimum Gasteiger partial charge on any atom is -0.462 e. The van der Waals surface area contributed by atoms with E-state index in [0.717, 1.165) is 0 Å². The van der Waals surface area contributed by atoms with Gasteiger partial charge in [-0.15, -0.1) is 0 Å². The zero-order chi connectivity index (χ0) is 9.84. The van der Waals surface area contributed by atoms with Gasteiger partial charge >= 0.3 is 5.97 Å². The van der Waals surface area contributed by atoms with Crippen molar-refractivity contribution in [2.75, 3.05) is 6.61 Å². The van der Waals surface area contributed by atoms with Crippen molar-refractivity contribution in [2.24, 2.45) is 5.16 Å². The first kappa shape index (κ1) is 9.70. The Bertz CT molecular complexity index is 259. The van der Waals surface area contributed by atoms with Gasteiger partial charge in [0, 0.05) is 20.3 Å². The van der Waals surface area contributed by atoms with Gasteiger partial charge in [0.25, 0.3) is 0 Å². The van der Waals surface area contributed by atoms with E-state index in [2.05, 4.69) is 5.16 Å². The van der Waals surface area contributed by atoms with Crippen LogP contribution in [0.25, 0.3) is 0 Å². The van der Waals surface area contributed by atoms with Crippen molar-refractivity contribution < 1.29 is 19.2 Å². The molecule has 5 heteroatoms. The van der Waals surface area contributed by atoms with E-state index in [4.69, 9.17) is 9.57 Å². The van der Waals surface area contributed by atoms with Crippen molar-refractivity contribution in [3.8, 4) is 0 Å². The fraction of sp³-hybridized carbons (Fsp3) is 0.625. The Morgan fingerprint density at radius 2 is 2.31 bits per heavy atom. The normalized spacial score (nSPS) is 20.5. The summed E-state index contributed by atoms with van der Waals surface area (Å²) in [5.41, 5.74) is 0.400. The minimum absolute atomic E-state index is 0.106. The van der Waals surface area contributed by atoms with Gasteiger partial charge in [0.1, 0.15) is 12.3 Å². The summed E-state index contributed by atoms with van der Waals surface area (Å²) in [7, 11) is 0. The van der Waals surface area contributed by atoms with Crippen LogP contribution >= 0.6 is 0 Å². The van der Waals surface area contributed by atoms with Crippen molar-refractivity contribution in [3.63, 3.8) is 0 Å². The second-order valence-corrected chi connectivity index (χ2v) is 2.83. The van der Waals surface area contributed by atoms with Gasteiger partial charge in [-0.3, -0.25) is 9.59 Å². The van der Waals surface area contributed by atoms with Gasteiger partial charge in [-0.25, -0.2) is 0 Å². The summed E-state index contributed by atoms with van der Waals surface area (Å²) in [6.45, 7) is 2.90. The van der Waals surface area contributed by atoms with Gasteiger partial charge < -0.3 is 9.57 Å². The minimum atomic E-state index is -0.361. The topological polar surface area (TPSA) is 65.0 Å². The van der Waals surface area contributed by atoms with Crippen LogP contribution < -0.4 is 0 Å². The number of ether oxygens (including phenoxy) is 1. The van der Waals surface area contributed by atoms with Crippen LogP contribution in [0.15, 0.2) is 5.16 Å². The third-order valence-electron chi connectivity index (χ3n) is 1.61. The Kier molecular flexibility index (Phi) is 3.00. The summed E-state index contributed by atoms with van der Waals surface area (Å²) in [6, 6.07) is 0. The summed E-state index contributed by atoms with van der Waals surface area (Å²) in [5, 5.41) is 3.57. The molecule has 1 unspecified atom stereocenters. The maximum absolute atomic E-state index is 10.8. The highest BCUT2D eigenvalue weighted by molar-refractivity contribution is 6.39. The fourth-order valence-electron chi connectivity index (χ4n) is 0.936. The Hall–Kier alpha value is -1.39. The van der Waals surface area contributed by atoms with Crippen molar-refractivity contribution >= 4 is 17.5 Å². The van der Waals surface area contributed by atoms with E-state index in [1.165, 1.54) is 13.8 Å². The van der Waals surface area contributed by atoms with Gasteiger partial charge in [0.2, 0.25) is 0 Å². The third-order valence-corrected chi connectivity index (χ3v) is 1.61. The Labute approximate surface area is 75.7 Å². The zero-order valence-corrected chi connectivity index (χ0v) is 7.57. The molecule has 1 heterocycles. The molecule has 0 aromatic rings. The lowest BCUT2D eigenvalue weighted by Gasteiger charge is -2.06. The monoisotopic (exact) mass is 185 g/mol. The molecule has 0 bridgehead atoms. The molecule has 1 rings (SSSR count). The van der Waals surface area contributed by atoms with Gasteiger partial charge in [-0.05, 0) is 0 Å². The first-order valence-corrected chi connectivity index (χ1v) is 3.96. The summed E-state index contributed by atoms with van der Waals surface area (Å²) in [4.78, 5) is 26.1. The lowest BCUT2D eigenvalue weighted by molar-refractivity contribution is -0.144. The van der Waals surface area contributed by atoms with Crippen molar-refractivity contribution in [3.05, 3.63) is 0 Å². The van der Waals surface area contributed by atoms with E-state index < -0.39 is 0 Å². The largest absolute Gasteiger partial charge is 0.462 e. The Morgan fingerprint density at radius 1 is 1.62 bits per heavy atom. The van der Waals surface area contributed by atoms with E-state index in [-0.39, 0.29) is 24.5 Å². The molecule has 0 amide bonds. The number of carbonyl (C=O) groups excluding carboxylic acids is 2. The van der Waals surface area contributed by atoms with Gasteiger partial charge in [0.15, 0.2) is 11.9 Å². The van der Waals surface area contributed by atoms with E-state index in [1.54, 1.807) is 0 Å². The predicted octanol–water partition coefficient (Wildman–Crippen LogP) is 0.283. The summed E-state index contributed by atoms with van der Waals surface area (Å²) in [5.74, 6) is -0.467. The number of hydrogen-bond donors (Lipinski definition) is 0. The molecule has 72 valence electrons. The molecule has 1 aliphatic heterocycles. The maximum Gasteiger partial charge on any atom is 0.302 e. The van der Waals surface area contributed by atoms with E-state index in [1.807, 2.05) is 0 Å². The molecule has 1 atom stereocenters. The standard InChI is InChI=1S/C8H11NO4/c1-5(10)8-3-7(13-9-8)4-12-6(2)11/h7H,3-4H2,1-2H3. The molecular weight excluding hydrogens is 174 g/mol. The van der Waals surface area contributed by atoms with Crippen molar-refractivity contribution in [1.29, 1.82) is 0 Å². The number of oxime groups is 1. The molecule has 13 heavy (non-hydrogen) atoms. The van der Waals surface area contributed by atoms with Gasteiger partial charge in [0.05, 0.1) is 0 Å². The fourth-order valence-corrected chi connectivity index (χ4v) is 0.936. The van der Waals surface area contributed by atoms with Gasteiger partial charge in [-0.1, -0.05) is 5.16 Å². The van der Waals surface area contributed by atoms with Crippen LogP contribution in [0.3, 0.4) is 0 Å². The van der Waals surface area contributed by atoms with Crippen molar-refractivity contribution in [1.82, 2.24) is 0 Å². The number of ketones is 1. The molecule has 0 saturated heterocycles. The zero-order valence-electron chi connectivity index (χ0n) is 7.57. The van der Waals surface area contributed by atoms with Crippen LogP contribution in [0, 0.1) is 0 Å². The Balaban J connectivity index is 2.29. The van der Waals surface area contributed by atoms with E-state index in [0.29, 0.717) is 12.1 Å². The van der Waals surface area contributed by atoms with Crippen LogP contribution in [-0.2, 0) is 19.2 Å². The molecule has 0 N–H and O–H groups in total. The Morgan fingerprint density at radius 3 is 2.77 bits per heavy atom. The number of Topliss-reactive ketones (excluding diaryl/α,β-unsaturated/α-hetero) is 1. The molecule has 0 radical (unpaired) electrons. The molecule has 1 aliphatic rings. The number of carbonyl (C=O) groups is 2. The van der Waals surface area contributed by atoms with Crippen LogP contribution in [-0.4, -0.2) is 30.2 Å². The number of rotatable bonds is 3. The highest BCUT2D eigenvalue weighted by atomic mass is 16.7. The van der Waals surface area contributed by atoms with Crippen LogP contribution in [0.5, 0.6) is 0 Å². The summed E-state index contributed by atoms with van der Waals surface area (Å²) in [6.07, 6.45) is 0.116. The second kappa shape index (κ2) is 4.02. The average molecular weight is 185 g/mol. The SMILES string of the molecule is CC(=O)OCC1CC(C(C)=O)=NO1. The lowest BCUT2D eigenvalue weighted by atomic mass is 10.1. The molecule has 0 aromatic heterocycles. The van der Waals surface area contributed by atoms with Crippen LogP contribution in [0.4, 0.5) is 0 Å². The highest BCUT2D eigenvalue weighted by Crippen LogP contribution is 2.11. The molecule has 0 fully saturated rings. The predicted molar refractivity (Wildman–Crippen MR) is 44.2 cm³/mol. The molecule has 0 aromatic carbocycles. The van der Waals surface area contributed by atoms with E-state index in [9.17, 15) is 9.59 Å². The summed E-state index contributed by atoms with van der Waals surface area (Å²) >= 11 is 0. The lowest BCUT2D eigenvalue weighted by Crippen LogP contribution is -2.19.